The molecule has 2 saturated heterocycles. The van der Waals surface area contributed by atoms with E-state index in [-0.39, 0.29) is 24.4 Å². The van der Waals surface area contributed by atoms with Crippen molar-refractivity contribution in [1.29, 1.82) is 0 Å². The highest BCUT2D eigenvalue weighted by Gasteiger charge is 2.50. The maximum atomic E-state index is 11.0. The van der Waals surface area contributed by atoms with Crippen molar-refractivity contribution in [3.05, 3.63) is 11.5 Å². The highest BCUT2D eigenvalue weighted by atomic mass is 16.7. The van der Waals surface area contributed by atoms with Gasteiger partial charge in [-0.05, 0) is 41.0 Å². The molecule has 19 heavy (non-hydrogen) atoms. The van der Waals surface area contributed by atoms with Crippen molar-refractivity contribution in [3.8, 4) is 0 Å². The van der Waals surface area contributed by atoms with Crippen molar-refractivity contribution >= 4 is 13.2 Å². The predicted octanol–water partition coefficient (Wildman–Crippen LogP) is 2.32. The molecule has 1 amide bonds. The Morgan fingerprint density at radius 2 is 1.89 bits per heavy atom. The molecule has 1 atom stereocenters. The lowest BCUT2D eigenvalue weighted by atomic mass is 9.86. The first-order chi connectivity index (χ1) is 8.62. The van der Waals surface area contributed by atoms with E-state index in [0.717, 1.165) is 12.0 Å². The van der Waals surface area contributed by atoms with Gasteiger partial charge in [0.1, 0.15) is 0 Å². The van der Waals surface area contributed by atoms with E-state index < -0.39 is 6.09 Å². The SMILES string of the molecule is C[C@@H]1CC(=CB2OC(C)(C)C(C)(C)O2)CN1C(=O)O. The molecular weight excluding hydrogens is 245 g/mol. The number of hydrogen-bond acceptors (Lipinski definition) is 3. The van der Waals surface area contributed by atoms with Gasteiger partial charge < -0.3 is 19.3 Å². The van der Waals surface area contributed by atoms with Crippen LogP contribution in [0.3, 0.4) is 0 Å². The molecule has 0 spiro atoms. The van der Waals surface area contributed by atoms with Gasteiger partial charge in [0.25, 0.3) is 0 Å². The largest absolute Gasteiger partial charge is 0.487 e. The summed E-state index contributed by atoms with van der Waals surface area (Å²) in [5.41, 5.74) is 0.352. The van der Waals surface area contributed by atoms with Crippen molar-refractivity contribution in [2.75, 3.05) is 6.54 Å². The first-order valence-corrected chi connectivity index (χ1v) is 6.67. The molecule has 0 bridgehead atoms. The highest BCUT2D eigenvalue weighted by Crippen LogP contribution is 2.37. The average Bonchev–Trinajstić information content (AvgIpc) is 2.65. The van der Waals surface area contributed by atoms with Gasteiger partial charge in [-0.3, -0.25) is 0 Å². The van der Waals surface area contributed by atoms with Gasteiger partial charge in [-0.25, -0.2) is 4.79 Å². The van der Waals surface area contributed by atoms with E-state index in [1.807, 2.05) is 40.6 Å². The van der Waals surface area contributed by atoms with Gasteiger partial charge in [0.15, 0.2) is 0 Å². The Labute approximate surface area is 114 Å². The smallest absolute Gasteiger partial charge is 0.465 e. The van der Waals surface area contributed by atoms with Crippen LogP contribution in [0.1, 0.15) is 41.0 Å². The lowest BCUT2D eigenvalue weighted by molar-refractivity contribution is 0.00578. The van der Waals surface area contributed by atoms with Crippen LogP contribution in [0, 0.1) is 0 Å². The van der Waals surface area contributed by atoms with E-state index in [1.54, 1.807) is 0 Å². The molecule has 0 unspecified atom stereocenters. The maximum Gasteiger partial charge on any atom is 0.487 e. The summed E-state index contributed by atoms with van der Waals surface area (Å²) in [5.74, 6) is 1.93. The van der Waals surface area contributed by atoms with Crippen LogP contribution in [-0.4, -0.2) is 47.0 Å². The van der Waals surface area contributed by atoms with E-state index in [1.165, 1.54) is 4.90 Å². The normalized spacial score (nSPS) is 31.2. The molecule has 106 valence electrons. The van der Waals surface area contributed by atoms with Crippen LogP contribution in [0.25, 0.3) is 0 Å². The summed E-state index contributed by atoms with van der Waals surface area (Å²) in [4.78, 5) is 12.5. The van der Waals surface area contributed by atoms with Gasteiger partial charge in [0, 0.05) is 12.6 Å². The summed E-state index contributed by atoms with van der Waals surface area (Å²) in [6.45, 7) is 10.4. The third kappa shape index (κ3) is 2.65. The van der Waals surface area contributed by atoms with Crippen LogP contribution in [0.5, 0.6) is 0 Å². The van der Waals surface area contributed by atoms with E-state index in [2.05, 4.69) is 0 Å². The highest BCUT2D eigenvalue weighted by molar-refractivity contribution is 6.51. The van der Waals surface area contributed by atoms with E-state index in [9.17, 15) is 4.79 Å². The topological polar surface area (TPSA) is 59.0 Å². The van der Waals surface area contributed by atoms with Crippen LogP contribution in [0.15, 0.2) is 11.5 Å². The van der Waals surface area contributed by atoms with E-state index in [0.29, 0.717) is 6.54 Å². The molecule has 2 rings (SSSR count). The second kappa shape index (κ2) is 4.53. The van der Waals surface area contributed by atoms with Gasteiger partial charge in [-0.1, -0.05) is 11.5 Å². The molecule has 5 nitrogen and oxygen atoms in total. The first kappa shape index (κ1) is 14.4. The van der Waals surface area contributed by atoms with Crippen molar-refractivity contribution in [2.24, 2.45) is 0 Å². The quantitative estimate of drug-likeness (QED) is 0.741. The lowest BCUT2D eigenvalue weighted by Gasteiger charge is -2.32. The van der Waals surface area contributed by atoms with Gasteiger partial charge in [0.2, 0.25) is 0 Å². The Bertz CT molecular complexity index is 403. The molecular formula is C13H22BNO4. The molecule has 2 aliphatic rings. The monoisotopic (exact) mass is 267 g/mol. The Morgan fingerprint density at radius 1 is 1.37 bits per heavy atom. The molecule has 2 fully saturated rings. The van der Waals surface area contributed by atoms with Crippen molar-refractivity contribution < 1.29 is 19.2 Å². The Kier molecular flexibility index (Phi) is 3.43. The second-order valence-electron chi connectivity index (χ2n) is 6.41. The fourth-order valence-electron chi connectivity index (χ4n) is 2.45. The van der Waals surface area contributed by atoms with E-state index in [4.69, 9.17) is 14.4 Å². The lowest BCUT2D eigenvalue weighted by Crippen LogP contribution is -2.41. The van der Waals surface area contributed by atoms with Gasteiger partial charge in [0.05, 0.1) is 11.2 Å². The van der Waals surface area contributed by atoms with Crippen LogP contribution in [0.2, 0.25) is 0 Å². The number of likely N-dealkylation sites (tertiary alicyclic amines) is 1. The molecule has 0 aromatic heterocycles. The first-order valence-electron chi connectivity index (χ1n) is 6.67. The zero-order chi connectivity index (χ0) is 14.4. The number of hydrogen-bond donors (Lipinski definition) is 1. The molecule has 1 N–H and O–H groups in total. The fraction of sp³-hybridized carbons (Fsp3) is 0.769. The number of amides is 1. The molecule has 0 aliphatic carbocycles. The minimum atomic E-state index is -0.871. The summed E-state index contributed by atoms with van der Waals surface area (Å²) in [5, 5.41) is 9.06. The van der Waals surface area contributed by atoms with E-state index >= 15 is 0 Å². The minimum Gasteiger partial charge on any atom is -0.465 e. The Balaban J connectivity index is 2.07. The van der Waals surface area contributed by atoms with Gasteiger partial charge in [-0.2, -0.15) is 0 Å². The average molecular weight is 267 g/mol. The fourth-order valence-corrected chi connectivity index (χ4v) is 2.45. The molecule has 2 heterocycles. The second-order valence-corrected chi connectivity index (χ2v) is 6.41. The van der Waals surface area contributed by atoms with Crippen LogP contribution < -0.4 is 0 Å². The molecule has 2 aliphatic heterocycles. The third-order valence-electron chi connectivity index (χ3n) is 4.35. The number of nitrogens with zero attached hydrogens (tertiary/aromatic N) is 1. The zero-order valence-electron chi connectivity index (χ0n) is 12.3. The number of rotatable bonds is 1. The zero-order valence-corrected chi connectivity index (χ0v) is 12.3. The minimum absolute atomic E-state index is 0.0196. The molecule has 0 radical (unpaired) electrons. The molecule has 6 heteroatoms. The Morgan fingerprint density at radius 3 is 2.32 bits per heavy atom. The van der Waals surface area contributed by atoms with Crippen molar-refractivity contribution in [2.45, 2.75) is 58.3 Å². The summed E-state index contributed by atoms with van der Waals surface area (Å²) < 4.78 is 11.8. The molecule has 0 aromatic carbocycles. The predicted molar refractivity (Wildman–Crippen MR) is 73.0 cm³/mol. The van der Waals surface area contributed by atoms with Crippen molar-refractivity contribution in [3.63, 3.8) is 0 Å². The summed E-state index contributed by atoms with van der Waals surface area (Å²) in [6, 6.07) is 0.0196. The van der Waals surface area contributed by atoms with Crippen molar-refractivity contribution in [1.82, 2.24) is 4.90 Å². The van der Waals surface area contributed by atoms with Gasteiger partial charge in [-0.15, -0.1) is 0 Å². The summed E-state index contributed by atoms with van der Waals surface area (Å²) >= 11 is 0. The Hall–Kier alpha value is -1.01. The summed E-state index contributed by atoms with van der Waals surface area (Å²) in [7, 11) is -0.388. The van der Waals surface area contributed by atoms with Crippen LogP contribution in [0.4, 0.5) is 4.79 Å². The standard InChI is InChI=1S/C13H22BNO4/c1-9-6-10(8-15(9)11(16)17)7-14-18-12(2,3)13(4,5)19-14/h7,9H,6,8H2,1-5H3,(H,16,17)/t9-/m1/s1. The number of carboxylic acid groups (broad SMARTS) is 1. The van der Waals surface area contributed by atoms with Crippen LogP contribution >= 0.6 is 0 Å². The number of carbonyl (C=O) groups is 1. The van der Waals surface area contributed by atoms with Crippen LogP contribution in [-0.2, 0) is 9.31 Å². The molecule has 0 aromatic rings. The van der Waals surface area contributed by atoms with Gasteiger partial charge >= 0.3 is 13.2 Å². The third-order valence-corrected chi connectivity index (χ3v) is 4.35. The summed E-state index contributed by atoms with van der Waals surface area (Å²) in [6.07, 6.45) is -0.124. The molecule has 0 saturated carbocycles. The maximum absolute atomic E-state index is 11.0.